The van der Waals surface area contributed by atoms with Gasteiger partial charge in [0.05, 0.1) is 5.92 Å². The Balaban J connectivity index is 1.30. The van der Waals surface area contributed by atoms with E-state index < -0.39 is 0 Å². The van der Waals surface area contributed by atoms with Gasteiger partial charge >= 0.3 is 0 Å². The van der Waals surface area contributed by atoms with Crippen LogP contribution >= 0.6 is 0 Å². The predicted octanol–water partition coefficient (Wildman–Crippen LogP) is 2.23. The second-order valence-corrected chi connectivity index (χ2v) is 6.93. The first-order valence-corrected chi connectivity index (χ1v) is 8.84. The molecule has 0 bridgehead atoms. The maximum absolute atomic E-state index is 12.4. The maximum atomic E-state index is 12.4. The van der Waals surface area contributed by atoms with Crippen molar-refractivity contribution in [2.24, 2.45) is 5.92 Å². The number of likely N-dealkylation sites (tertiary alicyclic amines) is 1. The third-order valence-corrected chi connectivity index (χ3v) is 5.41. The van der Waals surface area contributed by atoms with E-state index in [4.69, 9.17) is 0 Å². The molecule has 4 rings (SSSR count). The van der Waals surface area contributed by atoms with Gasteiger partial charge in [-0.2, -0.15) is 0 Å². The molecule has 0 radical (unpaired) electrons. The second kappa shape index (κ2) is 6.30. The summed E-state index contributed by atoms with van der Waals surface area (Å²) < 4.78 is 0. The number of rotatable bonds is 5. The van der Waals surface area contributed by atoms with Crippen LogP contribution in [0.4, 0.5) is 0 Å². The van der Waals surface area contributed by atoms with Crippen molar-refractivity contribution in [1.29, 1.82) is 0 Å². The number of nitrogens with zero attached hydrogens (tertiary/aromatic N) is 1. The minimum Gasteiger partial charge on any atom is -0.361 e. The normalized spacial score (nSPS) is 21.2. The van der Waals surface area contributed by atoms with E-state index in [9.17, 15) is 9.59 Å². The number of aromatic nitrogens is 1. The molecule has 0 spiro atoms. The first-order chi connectivity index (χ1) is 11.7. The molecule has 1 saturated carbocycles. The minimum atomic E-state index is -0.180. The summed E-state index contributed by atoms with van der Waals surface area (Å²) in [6.07, 6.45) is 6.57. The highest BCUT2D eigenvalue weighted by molar-refractivity contribution is 5.89. The second-order valence-electron chi connectivity index (χ2n) is 6.93. The van der Waals surface area contributed by atoms with Gasteiger partial charge < -0.3 is 15.2 Å². The molecule has 2 heterocycles. The summed E-state index contributed by atoms with van der Waals surface area (Å²) in [6, 6.07) is 8.57. The van der Waals surface area contributed by atoms with E-state index in [1.165, 1.54) is 17.4 Å². The van der Waals surface area contributed by atoms with Gasteiger partial charge in [-0.3, -0.25) is 9.59 Å². The highest BCUT2D eigenvalue weighted by Gasteiger charge is 2.39. The Labute approximate surface area is 141 Å². The van der Waals surface area contributed by atoms with E-state index in [1.807, 2.05) is 23.2 Å². The molecule has 1 aromatic heterocycles. The molecular weight excluding hydrogens is 302 g/mol. The zero-order valence-corrected chi connectivity index (χ0v) is 13.8. The van der Waals surface area contributed by atoms with Crippen molar-refractivity contribution in [3.63, 3.8) is 0 Å². The molecule has 2 fully saturated rings. The van der Waals surface area contributed by atoms with Gasteiger partial charge in [-0.15, -0.1) is 0 Å². The van der Waals surface area contributed by atoms with Crippen LogP contribution in [0.5, 0.6) is 0 Å². The van der Waals surface area contributed by atoms with E-state index in [0.717, 1.165) is 24.8 Å². The molecule has 5 nitrogen and oxygen atoms in total. The van der Waals surface area contributed by atoms with Crippen molar-refractivity contribution in [2.75, 3.05) is 13.1 Å². The Morgan fingerprint density at radius 2 is 2.12 bits per heavy atom. The SMILES string of the molecule is O=C(NCCc1c[nH]c2ccccc12)C1CC(=O)N(C2CCC2)C1. The predicted molar refractivity (Wildman–Crippen MR) is 92.5 cm³/mol. The van der Waals surface area contributed by atoms with E-state index >= 15 is 0 Å². The topological polar surface area (TPSA) is 65.2 Å². The van der Waals surface area contributed by atoms with Gasteiger partial charge in [-0.1, -0.05) is 18.2 Å². The summed E-state index contributed by atoms with van der Waals surface area (Å²) in [6.45, 7) is 1.21. The molecule has 2 aromatic rings. The van der Waals surface area contributed by atoms with Crippen LogP contribution in [0.3, 0.4) is 0 Å². The number of amides is 2. The number of nitrogens with one attached hydrogen (secondary N) is 2. The van der Waals surface area contributed by atoms with Crippen LogP contribution in [0.15, 0.2) is 30.5 Å². The quantitative estimate of drug-likeness (QED) is 0.885. The third-order valence-electron chi connectivity index (χ3n) is 5.41. The molecular formula is C19H23N3O2. The van der Waals surface area contributed by atoms with Gasteiger partial charge in [0.1, 0.15) is 0 Å². The molecule has 2 aliphatic rings. The van der Waals surface area contributed by atoms with Crippen molar-refractivity contribution in [1.82, 2.24) is 15.2 Å². The van der Waals surface area contributed by atoms with Gasteiger partial charge in [0, 0.05) is 42.7 Å². The van der Waals surface area contributed by atoms with Gasteiger partial charge in [-0.05, 0) is 37.3 Å². The lowest BCUT2D eigenvalue weighted by molar-refractivity contribution is -0.131. The molecule has 126 valence electrons. The molecule has 1 aliphatic heterocycles. The maximum Gasteiger partial charge on any atom is 0.225 e. The van der Waals surface area contributed by atoms with Gasteiger partial charge in [0.15, 0.2) is 0 Å². The number of aromatic amines is 1. The van der Waals surface area contributed by atoms with Gasteiger partial charge in [0.25, 0.3) is 0 Å². The van der Waals surface area contributed by atoms with E-state index in [2.05, 4.69) is 22.4 Å². The Kier molecular flexibility index (Phi) is 4.00. The minimum absolute atomic E-state index is 0.0185. The molecule has 1 saturated heterocycles. The van der Waals surface area contributed by atoms with Crippen LogP contribution in [0.25, 0.3) is 10.9 Å². The van der Waals surface area contributed by atoms with Crippen molar-refractivity contribution in [2.45, 2.75) is 38.1 Å². The van der Waals surface area contributed by atoms with Gasteiger partial charge in [0.2, 0.25) is 11.8 Å². The summed E-state index contributed by atoms with van der Waals surface area (Å²) in [7, 11) is 0. The average molecular weight is 325 g/mol. The summed E-state index contributed by atoms with van der Waals surface area (Å²) in [5.41, 5.74) is 2.33. The zero-order chi connectivity index (χ0) is 16.5. The number of hydrogen-bond donors (Lipinski definition) is 2. The van der Waals surface area contributed by atoms with Crippen LogP contribution in [0.1, 0.15) is 31.2 Å². The van der Waals surface area contributed by atoms with Crippen LogP contribution in [-0.4, -0.2) is 40.8 Å². The molecule has 1 atom stereocenters. The molecule has 1 aliphatic carbocycles. The number of hydrogen-bond acceptors (Lipinski definition) is 2. The smallest absolute Gasteiger partial charge is 0.225 e. The Hall–Kier alpha value is -2.30. The number of H-pyrrole nitrogens is 1. The summed E-state index contributed by atoms with van der Waals surface area (Å²) in [4.78, 5) is 29.6. The third kappa shape index (κ3) is 2.79. The molecule has 5 heteroatoms. The lowest BCUT2D eigenvalue weighted by Gasteiger charge is -2.34. The van der Waals surface area contributed by atoms with Crippen LogP contribution in [0.2, 0.25) is 0 Å². The fraction of sp³-hybridized carbons (Fsp3) is 0.474. The standard InChI is InChI=1S/C19H23N3O2/c23-18-10-14(12-22(18)15-4-3-5-15)19(24)20-9-8-13-11-21-17-7-2-1-6-16(13)17/h1-2,6-7,11,14-15,21H,3-5,8-10,12H2,(H,20,24). The van der Waals surface area contributed by atoms with Crippen molar-refractivity contribution in [3.8, 4) is 0 Å². The monoisotopic (exact) mass is 325 g/mol. The van der Waals surface area contributed by atoms with Crippen LogP contribution < -0.4 is 5.32 Å². The first kappa shape index (κ1) is 15.2. The number of carbonyl (C=O) groups is 2. The van der Waals surface area contributed by atoms with E-state index in [1.54, 1.807) is 0 Å². The number of carbonyl (C=O) groups excluding carboxylic acids is 2. The molecule has 24 heavy (non-hydrogen) atoms. The van der Waals surface area contributed by atoms with E-state index in [0.29, 0.717) is 25.6 Å². The van der Waals surface area contributed by atoms with Crippen LogP contribution in [0, 0.1) is 5.92 Å². The van der Waals surface area contributed by atoms with Gasteiger partial charge in [-0.25, -0.2) is 0 Å². The van der Waals surface area contributed by atoms with Crippen molar-refractivity contribution in [3.05, 3.63) is 36.0 Å². The molecule has 1 aromatic carbocycles. The first-order valence-electron chi connectivity index (χ1n) is 8.84. The Morgan fingerprint density at radius 3 is 2.92 bits per heavy atom. The summed E-state index contributed by atoms with van der Waals surface area (Å²) in [5.74, 6) is -0.0115. The largest absolute Gasteiger partial charge is 0.361 e. The highest BCUT2D eigenvalue weighted by Crippen LogP contribution is 2.30. The fourth-order valence-corrected chi connectivity index (χ4v) is 3.76. The molecule has 2 amide bonds. The van der Waals surface area contributed by atoms with Crippen molar-refractivity contribution >= 4 is 22.7 Å². The number of fused-ring (bicyclic) bond motifs is 1. The molecule has 2 N–H and O–H groups in total. The number of para-hydroxylation sites is 1. The Morgan fingerprint density at radius 1 is 1.29 bits per heavy atom. The Bertz CT molecular complexity index is 763. The zero-order valence-electron chi connectivity index (χ0n) is 13.8. The van der Waals surface area contributed by atoms with Crippen molar-refractivity contribution < 1.29 is 9.59 Å². The fourth-order valence-electron chi connectivity index (χ4n) is 3.76. The number of benzene rings is 1. The lowest BCUT2D eigenvalue weighted by Crippen LogP contribution is -2.42. The lowest BCUT2D eigenvalue weighted by atomic mass is 9.92. The highest BCUT2D eigenvalue weighted by atomic mass is 16.2. The summed E-state index contributed by atoms with van der Waals surface area (Å²) in [5, 5.41) is 4.22. The van der Waals surface area contributed by atoms with Crippen LogP contribution in [-0.2, 0) is 16.0 Å². The molecule has 1 unspecified atom stereocenters. The van der Waals surface area contributed by atoms with E-state index in [-0.39, 0.29) is 17.7 Å². The summed E-state index contributed by atoms with van der Waals surface area (Å²) >= 11 is 0. The average Bonchev–Trinajstić information content (AvgIpc) is 3.11.